The lowest BCUT2D eigenvalue weighted by molar-refractivity contribution is 0.242. The highest BCUT2D eigenvalue weighted by Crippen LogP contribution is 2.49. The average Bonchev–Trinajstić information content (AvgIpc) is 2.75. The molecule has 1 heterocycles. The fourth-order valence-corrected chi connectivity index (χ4v) is 6.81. The number of carbonyl (C=O) groups excluding carboxylic acids is 1. The van der Waals surface area contributed by atoms with E-state index >= 15 is 0 Å². The van der Waals surface area contributed by atoms with Crippen molar-refractivity contribution in [2.75, 3.05) is 24.9 Å². The lowest BCUT2D eigenvalue weighted by atomic mass is 9.88. The first-order valence-corrected chi connectivity index (χ1v) is 14.2. The van der Waals surface area contributed by atoms with Gasteiger partial charge in [-0.2, -0.15) is 0 Å². The summed E-state index contributed by atoms with van der Waals surface area (Å²) in [4.78, 5) is 12.7. The highest BCUT2D eigenvalue weighted by atomic mass is 35.5. The van der Waals surface area contributed by atoms with Gasteiger partial charge >= 0.3 is 6.03 Å². The minimum atomic E-state index is -4.39. The van der Waals surface area contributed by atoms with Crippen molar-refractivity contribution in [3.8, 4) is 22.6 Å². The van der Waals surface area contributed by atoms with Gasteiger partial charge in [-0.15, -0.1) is 3.71 Å². The quantitative estimate of drug-likeness (QED) is 0.517. The Hall–Kier alpha value is -3.28. The largest absolute Gasteiger partial charge is 0.496 e. The van der Waals surface area contributed by atoms with Crippen molar-refractivity contribution in [1.82, 2.24) is 3.71 Å². The summed E-state index contributed by atoms with van der Waals surface area (Å²) in [6.07, 6.45) is 0.639. The SMILES string of the molecule is COc1cccc2c1-c1ccc(NC(=O)N(S(C)(=O)=O)S(C)(=O)=O)cc1C(c1cccc(Cl)c1)O2. The Balaban J connectivity index is 1.84. The molecule has 0 aromatic heterocycles. The minimum Gasteiger partial charge on any atom is -0.496 e. The smallest absolute Gasteiger partial charge is 0.349 e. The first-order chi connectivity index (χ1) is 16.4. The number of amides is 2. The van der Waals surface area contributed by atoms with Crippen LogP contribution in [0.5, 0.6) is 11.5 Å². The monoisotopic (exact) mass is 536 g/mol. The first-order valence-electron chi connectivity index (χ1n) is 10.1. The van der Waals surface area contributed by atoms with Crippen LogP contribution in [0.2, 0.25) is 5.02 Å². The number of hydrogen-bond donors (Lipinski definition) is 1. The van der Waals surface area contributed by atoms with Gasteiger partial charge in [-0.25, -0.2) is 21.6 Å². The highest BCUT2D eigenvalue weighted by molar-refractivity contribution is 8.04. The van der Waals surface area contributed by atoms with E-state index in [2.05, 4.69) is 5.32 Å². The van der Waals surface area contributed by atoms with E-state index in [-0.39, 0.29) is 9.40 Å². The Labute approximate surface area is 208 Å². The van der Waals surface area contributed by atoms with Gasteiger partial charge in [0.1, 0.15) is 17.6 Å². The van der Waals surface area contributed by atoms with Gasteiger partial charge in [0.05, 0.1) is 25.2 Å². The molecular weight excluding hydrogens is 516 g/mol. The van der Waals surface area contributed by atoms with Crippen LogP contribution in [0.3, 0.4) is 0 Å². The Morgan fingerprint density at radius 2 is 1.69 bits per heavy atom. The molecule has 12 heteroatoms. The van der Waals surface area contributed by atoms with Crippen LogP contribution in [-0.4, -0.2) is 46.2 Å². The number of urea groups is 1. The molecule has 4 rings (SSSR count). The second kappa shape index (κ2) is 9.06. The van der Waals surface area contributed by atoms with Gasteiger partial charge in [0.25, 0.3) is 0 Å². The maximum absolute atomic E-state index is 12.7. The Morgan fingerprint density at radius 1 is 1.00 bits per heavy atom. The summed E-state index contributed by atoms with van der Waals surface area (Å²) in [5, 5.41) is 2.86. The molecule has 1 atom stereocenters. The number of halogens is 1. The molecule has 0 radical (unpaired) electrons. The van der Waals surface area contributed by atoms with E-state index in [9.17, 15) is 21.6 Å². The van der Waals surface area contributed by atoms with Crippen molar-refractivity contribution in [3.05, 3.63) is 76.8 Å². The maximum Gasteiger partial charge on any atom is 0.349 e. The van der Waals surface area contributed by atoms with Crippen LogP contribution in [0.15, 0.2) is 60.7 Å². The van der Waals surface area contributed by atoms with E-state index in [1.807, 2.05) is 12.1 Å². The van der Waals surface area contributed by atoms with Gasteiger partial charge in [0.2, 0.25) is 20.0 Å². The fraction of sp³-hybridized carbons (Fsp3) is 0.174. The fourth-order valence-electron chi connectivity index (χ4n) is 3.95. The van der Waals surface area contributed by atoms with Crippen molar-refractivity contribution < 1.29 is 31.1 Å². The minimum absolute atomic E-state index is 0.167. The molecule has 3 aromatic rings. The molecule has 0 bridgehead atoms. The summed E-state index contributed by atoms with van der Waals surface area (Å²) in [7, 11) is -7.24. The van der Waals surface area contributed by atoms with Crippen LogP contribution in [0, 0.1) is 0 Å². The molecule has 0 fully saturated rings. The third-order valence-electron chi connectivity index (χ3n) is 5.23. The lowest BCUT2D eigenvalue weighted by Gasteiger charge is -2.30. The normalized spacial score (nSPS) is 14.8. The predicted octanol–water partition coefficient (Wildman–Crippen LogP) is 4.25. The van der Waals surface area contributed by atoms with Crippen molar-refractivity contribution in [3.63, 3.8) is 0 Å². The third kappa shape index (κ3) is 4.93. The van der Waals surface area contributed by atoms with E-state index in [0.29, 0.717) is 40.2 Å². The zero-order valence-corrected chi connectivity index (χ0v) is 21.2. The van der Waals surface area contributed by atoms with Crippen LogP contribution in [0.25, 0.3) is 11.1 Å². The van der Waals surface area contributed by atoms with Crippen molar-refractivity contribution in [2.45, 2.75) is 6.10 Å². The number of rotatable bonds is 5. The number of methoxy groups -OCH3 is 1. The second-order valence-electron chi connectivity index (χ2n) is 7.84. The molecule has 1 N–H and O–H groups in total. The number of ether oxygens (including phenoxy) is 2. The van der Waals surface area contributed by atoms with Crippen LogP contribution in [-0.2, 0) is 20.0 Å². The van der Waals surface area contributed by atoms with Gasteiger partial charge in [-0.1, -0.05) is 35.9 Å². The summed E-state index contributed by atoms with van der Waals surface area (Å²) in [5.41, 5.74) is 3.00. The van der Waals surface area contributed by atoms with E-state index in [1.165, 1.54) is 13.2 Å². The third-order valence-corrected chi connectivity index (χ3v) is 8.62. The summed E-state index contributed by atoms with van der Waals surface area (Å²) in [6.45, 7) is 0. The molecule has 0 spiro atoms. The highest BCUT2D eigenvalue weighted by Gasteiger charge is 2.34. The molecule has 0 saturated heterocycles. The van der Waals surface area contributed by atoms with E-state index in [4.69, 9.17) is 21.1 Å². The molecule has 1 unspecified atom stereocenters. The Bertz CT molecular complexity index is 1510. The van der Waals surface area contributed by atoms with E-state index in [1.54, 1.807) is 42.5 Å². The van der Waals surface area contributed by atoms with Crippen LogP contribution >= 0.6 is 11.6 Å². The molecule has 0 aliphatic carbocycles. The van der Waals surface area contributed by atoms with Crippen molar-refractivity contribution in [2.24, 2.45) is 0 Å². The molecule has 3 aromatic carbocycles. The first kappa shape index (κ1) is 24.8. The summed E-state index contributed by atoms with van der Waals surface area (Å²) >= 11 is 6.21. The lowest BCUT2D eigenvalue weighted by Crippen LogP contribution is -2.43. The van der Waals surface area contributed by atoms with E-state index < -0.39 is 32.2 Å². The number of hydrogen-bond acceptors (Lipinski definition) is 7. The number of carbonyl (C=O) groups is 1. The molecule has 1 aliphatic rings. The number of fused-ring (bicyclic) bond motifs is 3. The van der Waals surface area contributed by atoms with E-state index in [0.717, 1.165) is 11.1 Å². The van der Waals surface area contributed by atoms with Crippen LogP contribution in [0.1, 0.15) is 17.2 Å². The summed E-state index contributed by atoms with van der Waals surface area (Å²) in [5.74, 6) is 1.16. The molecule has 184 valence electrons. The number of nitrogens with zero attached hydrogens (tertiary/aromatic N) is 1. The number of anilines is 1. The standard InChI is InChI=1S/C23H21ClN2O7S2/c1-32-19-8-5-9-20-21(19)17-11-10-16(25-23(27)26(34(2,28)29)35(3,30)31)13-18(17)22(33-20)14-6-4-7-15(24)12-14/h4-13,22H,1-3H3,(H,25,27). The zero-order valence-electron chi connectivity index (χ0n) is 18.9. The van der Waals surface area contributed by atoms with Gasteiger partial charge in [-0.3, -0.25) is 0 Å². The molecule has 2 amide bonds. The number of benzene rings is 3. The van der Waals surface area contributed by atoms with Gasteiger partial charge in [-0.05, 0) is 47.5 Å². The molecule has 0 saturated carbocycles. The Morgan fingerprint density at radius 3 is 2.31 bits per heavy atom. The predicted molar refractivity (Wildman–Crippen MR) is 133 cm³/mol. The van der Waals surface area contributed by atoms with Gasteiger partial charge < -0.3 is 14.8 Å². The zero-order chi connectivity index (χ0) is 25.5. The van der Waals surface area contributed by atoms with Gasteiger partial charge in [0, 0.05) is 16.3 Å². The van der Waals surface area contributed by atoms with Crippen LogP contribution < -0.4 is 14.8 Å². The summed E-state index contributed by atoms with van der Waals surface area (Å²) in [6, 6.07) is 16.0. The van der Waals surface area contributed by atoms with Crippen molar-refractivity contribution in [1.29, 1.82) is 0 Å². The maximum atomic E-state index is 12.7. The number of sulfonamides is 2. The van der Waals surface area contributed by atoms with Gasteiger partial charge in [0.15, 0.2) is 0 Å². The van der Waals surface area contributed by atoms with Crippen LogP contribution in [0.4, 0.5) is 10.5 Å². The molecular formula is C23H21ClN2O7S2. The molecule has 9 nitrogen and oxygen atoms in total. The second-order valence-corrected chi connectivity index (χ2v) is 12.2. The molecule has 35 heavy (non-hydrogen) atoms. The Kier molecular flexibility index (Phi) is 6.43. The number of nitrogens with one attached hydrogen (secondary N) is 1. The van der Waals surface area contributed by atoms with Crippen molar-refractivity contribution >= 4 is 43.4 Å². The topological polar surface area (TPSA) is 119 Å². The molecule has 1 aliphatic heterocycles. The average molecular weight is 537 g/mol. The summed E-state index contributed by atoms with van der Waals surface area (Å²) < 4.78 is 59.5.